The van der Waals surface area contributed by atoms with Crippen LogP contribution >= 0.6 is 0 Å². The second-order valence-corrected chi connectivity index (χ2v) is 3.23. The summed E-state index contributed by atoms with van der Waals surface area (Å²) in [5.74, 6) is 0. The van der Waals surface area contributed by atoms with Crippen LogP contribution in [0, 0.1) is 0 Å². The summed E-state index contributed by atoms with van der Waals surface area (Å²) in [6.07, 6.45) is 2.35. The van der Waals surface area contributed by atoms with Gasteiger partial charge in [0.15, 0.2) is 0 Å². The van der Waals surface area contributed by atoms with Crippen molar-refractivity contribution in [3.63, 3.8) is 0 Å². The number of hydrogen-bond acceptors (Lipinski definition) is 2. The fourth-order valence-corrected chi connectivity index (χ4v) is 1.32. The molecular formula is C10H18N2O. The van der Waals surface area contributed by atoms with E-state index in [1.54, 1.807) is 7.11 Å². The van der Waals surface area contributed by atoms with E-state index in [4.69, 9.17) is 4.74 Å². The lowest BCUT2D eigenvalue weighted by Gasteiger charge is -2.13. The van der Waals surface area contributed by atoms with Crippen molar-refractivity contribution in [3.8, 4) is 0 Å². The van der Waals surface area contributed by atoms with Gasteiger partial charge in [0.2, 0.25) is 0 Å². The minimum absolute atomic E-state index is 0.267. The third-order valence-corrected chi connectivity index (χ3v) is 2.14. The molecule has 0 amide bonds. The van der Waals surface area contributed by atoms with Crippen LogP contribution in [-0.4, -0.2) is 24.8 Å². The lowest BCUT2D eigenvalue weighted by molar-refractivity contribution is 0.102. The zero-order valence-corrected chi connectivity index (χ0v) is 8.58. The fraction of sp³-hybridized carbons (Fsp3) is 0.600. The minimum atomic E-state index is 0.267. The quantitative estimate of drug-likeness (QED) is 0.741. The van der Waals surface area contributed by atoms with Crippen LogP contribution in [0.15, 0.2) is 18.3 Å². The van der Waals surface area contributed by atoms with Crippen molar-refractivity contribution in [3.05, 3.63) is 24.0 Å². The zero-order chi connectivity index (χ0) is 9.68. The molecule has 1 atom stereocenters. The molecule has 0 aliphatic rings. The summed E-state index contributed by atoms with van der Waals surface area (Å²) in [6, 6.07) is 4.19. The first-order valence-electron chi connectivity index (χ1n) is 4.59. The third kappa shape index (κ3) is 2.86. The van der Waals surface area contributed by atoms with E-state index in [-0.39, 0.29) is 6.10 Å². The Morgan fingerprint density at radius 2 is 2.38 bits per heavy atom. The molecule has 1 N–H and O–H groups in total. The molecule has 0 aromatic carbocycles. The highest BCUT2D eigenvalue weighted by molar-refractivity contribution is 5.06. The van der Waals surface area contributed by atoms with Crippen LogP contribution in [0.2, 0.25) is 0 Å². The Bertz CT molecular complexity index is 245. The van der Waals surface area contributed by atoms with Crippen LogP contribution in [0.4, 0.5) is 0 Å². The maximum atomic E-state index is 5.22. The van der Waals surface area contributed by atoms with E-state index >= 15 is 0 Å². The molecular weight excluding hydrogens is 164 g/mol. The van der Waals surface area contributed by atoms with Gasteiger partial charge >= 0.3 is 0 Å². The van der Waals surface area contributed by atoms with Crippen molar-refractivity contribution in [2.45, 2.75) is 26.1 Å². The lowest BCUT2D eigenvalue weighted by Crippen LogP contribution is -2.18. The van der Waals surface area contributed by atoms with E-state index < -0.39 is 0 Å². The normalized spacial score (nSPS) is 13.2. The van der Waals surface area contributed by atoms with Gasteiger partial charge in [-0.25, -0.2) is 0 Å². The van der Waals surface area contributed by atoms with Crippen LogP contribution < -0.4 is 5.32 Å². The van der Waals surface area contributed by atoms with Crippen LogP contribution in [0.3, 0.4) is 0 Å². The van der Waals surface area contributed by atoms with E-state index in [1.165, 1.54) is 5.69 Å². The molecule has 74 valence electrons. The summed E-state index contributed by atoms with van der Waals surface area (Å²) in [5, 5.41) is 3.14. The first kappa shape index (κ1) is 10.3. The molecule has 0 fully saturated rings. The molecule has 13 heavy (non-hydrogen) atoms. The fourth-order valence-electron chi connectivity index (χ4n) is 1.32. The molecule has 0 spiro atoms. The van der Waals surface area contributed by atoms with E-state index in [2.05, 4.69) is 35.1 Å². The Balaban J connectivity index is 2.59. The van der Waals surface area contributed by atoms with Crippen LogP contribution in [0.1, 0.15) is 12.6 Å². The average Bonchev–Trinajstić information content (AvgIpc) is 2.54. The van der Waals surface area contributed by atoms with Crippen LogP contribution in [0.25, 0.3) is 0 Å². The summed E-state index contributed by atoms with van der Waals surface area (Å²) in [4.78, 5) is 0. The maximum Gasteiger partial charge on any atom is 0.0722 e. The highest BCUT2D eigenvalue weighted by Gasteiger charge is 2.03. The van der Waals surface area contributed by atoms with Crippen molar-refractivity contribution >= 4 is 0 Å². The molecule has 1 aromatic rings. The van der Waals surface area contributed by atoms with Crippen molar-refractivity contribution < 1.29 is 4.74 Å². The summed E-state index contributed by atoms with van der Waals surface area (Å²) >= 11 is 0. The SMILES string of the molecule is CNCc1cccn1CC(C)OC. The van der Waals surface area contributed by atoms with Crippen LogP contribution in [-0.2, 0) is 17.8 Å². The molecule has 3 nitrogen and oxygen atoms in total. The third-order valence-electron chi connectivity index (χ3n) is 2.14. The molecule has 1 aromatic heterocycles. The average molecular weight is 182 g/mol. The van der Waals surface area contributed by atoms with Gasteiger partial charge in [0.1, 0.15) is 0 Å². The molecule has 0 aliphatic heterocycles. The number of aromatic nitrogens is 1. The second-order valence-electron chi connectivity index (χ2n) is 3.23. The smallest absolute Gasteiger partial charge is 0.0722 e. The van der Waals surface area contributed by atoms with Crippen molar-refractivity contribution in [1.82, 2.24) is 9.88 Å². The summed E-state index contributed by atoms with van der Waals surface area (Å²) in [6.45, 7) is 3.90. The van der Waals surface area contributed by atoms with Gasteiger partial charge in [0, 0.05) is 32.1 Å². The second kappa shape index (κ2) is 5.04. The Kier molecular flexibility index (Phi) is 3.99. The molecule has 0 saturated heterocycles. The van der Waals surface area contributed by atoms with Gasteiger partial charge < -0.3 is 14.6 Å². The Morgan fingerprint density at radius 3 is 3.00 bits per heavy atom. The Labute approximate surface area is 79.7 Å². The number of methoxy groups -OCH3 is 1. The number of nitrogens with zero attached hydrogens (tertiary/aromatic N) is 1. The van der Waals surface area contributed by atoms with Gasteiger partial charge in [0.25, 0.3) is 0 Å². The summed E-state index contributed by atoms with van der Waals surface area (Å²) in [7, 11) is 3.70. The van der Waals surface area contributed by atoms with Gasteiger partial charge in [-0.2, -0.15) is 0 Å². The van der Waals surface area contributed by atoms with E-state index in [1.807, 2.05) is 7.05 Å². The predicted octanol–water partition coefficient (Wildman–Crippen LogP) is 1.24. The van der Waals surface area contributed by atoms with Crippen LogP contribution in [0.5, 0.6) is 0 Å². The van der Waals surface area contributed by atoms with E-state index in [0.29, 0.717) is 0 Å². The summed E-state index contributed by atoms with van der Waals surface area (Å²) < 4.78 is 7.43. The maximum absolute atomic E-state index is 5.22. The van der Waals surface area contributed by atoms with E-state index in [0.717, 1.165) is 13.1 Å². The number of nitrogens with one attached hydrogen (secondary N) is 1. The molecule has 0 saturated carbocycles. The highest BCUT2D eigenvalue weighted by Crippen LogP contribution is 2.04. The van der Waals surface area contributed by atoms with Gasteiger partial charge in [-0.15, -0.1) is 0 Å². The standard InChI is InChI=1S/C10H18N2O/c1-9(13-3)8-12-6-4-5-10(12)7-11-2/h4-6,9,11H,7-8H2,1-3H3. The zero-order valence-electron chi connectivity index (χ0n) is 8.58. The molecule has 0 bridgehead atoms. The van der Waals surface area contributed by atoms with Crippen molar-refractivity contribution in [2.75, 3.05) is 14.2 Å². The Hall–Kier alpha value is -0.800. The van der Waals surface area contributed by atoms with E-state index in [9.17, 15) is 0 Å². The first-order valence-corrected chi connectivity index (χ1v) is 4.59. The topological polar surface area (TPSA) is 26.2 Å². The van der Waals surface area contributed by atoms with Crippen molar-refractivity contribution in [1.29, 1.82) is 0 Å². The lowest BCUT2D eigenvalue weighted by atomic mass is 10.3. The van der Waals surface area contributed by atoms with Gasteiger partial charge in [-0.1, -0.05) is 0 Å². The summed E-state index contributed by atoms with van der Waals surface area (Å²) in [5.41, 5.74) is 1.30. The minimum Gasteiger partial charge on any atom is -0.380 e. The molecule has 3 heteroatoms. The highest BCUT2D eigenvalue weighted by atomic mass is 16.5. The monoisotopic (exact) mass is 182 g/mol. The molecule has 1 unspecified atom stereocenters. The first-order chi connectivity index (χ1) is 6.27. The molecule has 1 heterocycles. The number of ether oxygens (including phenoxy) is 1. The van der Waals surface area contributed by atoms with Crippen molar-refractivity contribution in [2.24, 2.45) is 0 Å². The van der Waals surface area contributed by atoms with Gasteiger partial charge in [-0.3, -0.25) is 0 Å². The number of rotatable bonds is 5. The predicted molar refractivity (Wildman–Crippen MR) is 53.7 cm³/mol. The molecule has 0 radical (unpaired) electrons. The van der Waals surface area contributed by atoms with Gasteiger partial charge in [0.05, 0.1) is 6.10 Å². The molecule has 0 aliphatic carbocycles. The Morgan fingerprint density at radius 1 is 1.62 bits per heavy atom. The van der Waals surface area contributed by atoms with Gasteiger partial charge in [-0.05, 0) is 26.1 Å². The number of hydrogen-bond donors (Lipinski definition) is 1. The largest absolute Gasteiger partial charge is 0.380 e. The molecule has 1 rings (SSSR count).